The Morgan fingerprint density at radius 1 is 0.875 bits per heavy atom. The smallest absolute Gasteiger partial charge is 0.416 e. The first-order valence-corrected chi connectivity index (χ1v) is 7.39. The molecule has 0 aliphatic heterocycles. The van der Waals surface area contributed by atoms with Crippen LogP contribution in [0.4, 0.5) is 0 Å². The lowest BCUT2D eigenvalue weighted by molar-refractivity contribution is -0.274. The summed E-state index contributed by atoms with van der Waals surface area (Å²) in [5, 5.41) is 8.66. The number of carboxylic acids is 1. The van der Waals surface area contributed by atoms with E-state index in [1.165, 1.54) is 6.92 Å². The lowest BCUT2D eigenvalue weighted by atomic mass is 10.3. The van der Waals surface area contributed by atoms with Crippen molar-refractivity contribution in [2.24, 2.45) is 0 Å². The molecule has 126 valence electrons. The summed E-state index contributed by atoms with van der Waals surface area (Å²) in [6, 6.07) is 17.5. The predicted octanol–water partition coefficient (Wildman–Crippen LogP) is 3.23. The molecule has 2 aromatic carbocycles. The van der Waals surface area contributed by atoms with Gasteiger partial charge in [0.15, 0.2) is 0 Å². The highest BCUT2D eigenvalue weighted by Gasteiger charge is 2.34. The minimum atomic E-state index is -1.72. The standard InChI is InChI=1S/C18H18O6/c1-18(22-14-8-4-2-5-9-14,23-15-10-6-3-7-11-15)24-17(21)13-12-16(19)20/h2-11H,12-13H2,1H3,(H,19,20). The van der Waals surface area contributed by atoms with Crippen LogP contribution in [0.2, 0.25) is 0 Å². The van der Waals surface area contributed by atoms with Crippen LogP contribution >= 0.6 is 0 Å². The van der Waals surface area contributed by atoms with Gasteiger partial charge in [-0.3, -0.25) is 9.59 Å². The van der Waals surface area contributed by atoms with Gasteiger partial charge in [0.2, 0.25) is 0 Å². The fourth-order valence-electron chi connectivity index (χ4n) is 1.93. The van der Waals surface area contributed by atoms with Crippen molar-refractivity contribution in [1.29, 1.82) is 0 Å². The van der Waals surface area contributed by atoms with E-state index in [0.29, 0.717) is 11.5 Å². The van der Waals surface area contributed by atoms with Gasteiger partial charge in [-0.05, 0) is 24.3 Å². The summed E-state index contributed by atoms with van der Waals surface area (Å²) in [5.41, 5.74) is 0. The van der Waals surface area contributed by atoms with Gasteiger partial charge in [-0.15, -0.1) is 0 Å². The van der Waals surface area contributed by atoms with E-state index in [1.54, 1.807) is 48.5 Å². The molecule has 24 heavy (non-hydrogen) atoms. The second-order valence-corrected chi connectivity index (χ2v) is 5.06. The molecule has 2 aromatic rings. The number of aliphatic carboxylic acids is 1. The van der Waals surface area contributed by atoms with Crippen LogP contribution in [0.5, 0.6) is 11.5 Å². The number of rotatable bonds is 8. The number of carbonyl (C=O) groups is 2. The Balaban J connectivity index is 2.13. The molecule has 0 aliphatic rings. The summed E-state index contributed by atoms with van der Waals surface area (Å²) in [6.07, 6.45) is -0.604. The van der Waals surface area contributed by atoms with Crippen LogP contribution in [0, 0.1) is 0 Å². The third-order valence-electron chi connectivity index (χ3n) is 2.94. The maximum atomic E-state index is 11.9. The molecule has 0 saturated heterocycles. The van der Waals surface area contributed by atoms with Crippen molar-refractivity contribution in [2.45, 2.75) is 25.7 Å². The number of hydrogen-bond donors (Lipinski definition) is 1. The zero-order valence-electron chi connectivity index (χ0n) is 13.2. The Morgan fingerprint density at radius 3 is 1.75 bits per heavy atom. The number of esters is 1. The normalized spacial score (nSPS) is 10.7. The van der Waals surface area contributed by atoms with E-state index in [0.717, 1.165) is 0 Å². The zero-order chi connectivity index (χ0) is 17.4. The minimum Gasteiger partial charge on any atom is -0.481 e. The number of ether oxygens (including phenoxy) is 3. The highest BCUT2D eigenvalue weighted by atomic mass is 16.9. The van der Waals surface area contributed by atoms with Gasteiger partial charge in [-0.2, -0.15) is 0 Å². The van der Waals surface area contributed by atoms with Crippen LogP contribution in [-0.2, 0) is 14.3 Å². The number of para-hydroxylation sites is 2. The summed E-state index contributed by atoms with van der Waals surface area (Å²) in [4.78, 5) is 22.5. The Morgan fingerprint density at radius 2 is 1.33 bits per heavy atom. The van der Waals surface area contributed by atoms with Gasteiger partial charge in [0.05, 0.1) is 19.8 Å². The van der Waals surface area contributed by atoms with Crippen molar-refractivity contribution in [3.8, 4) is 11.5 Å². The molecule has 2 rings (SSSR count). The molecule has 6 heteroatoms. The number of carboxylic acid groups (broad SMARTS) is 1. The maximum Gasteiger partial charge on any atom is 0.416 e. The lowest BCUT2D eigenvalue weighted by Crippen LogP contribution is -2.44. The molecule has 0 spiro atoms. The van der Waals surface area contributed by atoms with E-state index in [4.69, 9.17) is 19.3 Å². The van der Waals surface area contributed by atoms with E-state index in [9.17, 15) is 9.59 Å². The first kappa shape index (κ1) is 17.3. The van der Waals surface area contributed by atoms with Gasteiger partial charge in [-0.25, -0.2) is 0 Å². The zero-order valence-corrected chi connectivity index (χ0v) is 13.2. The van der Waals surface area contributed by atoms with Gasteiger partial charge in [-0.1, -0.05) is 36.4 Å². The minimum absolute atomic E-state index is 0.277. The van der Waals surface area contributed by atoms with E-state index in [2.05, 4.69) is 0 Å². The van der Waals surface area contributed by atoms with Gasteiger partial charge in [0.25, 0.3) is 0 Å². The van der Waals surface area contributed by atoms with Crippen LogP contribution in [0.25, 0.3) is 0 Å². The molecule has 0 aromatic heterocycles. The molecule has 0 aliphatic carbocycles. The van der Waals surface area contributed by atoms with Crippen molar-refractivity contribution < 1.29 is 28.9 Å². The van der Waals surface area contributed by atoms with Crippen molar-refractivity contribution in [3.05, 3.63) is 60.7 Å². The highest BCUT2D eigenvalue weighted by molar-refractivity contribution is 5.76. The molecule has 0 radical (unpaired) electrons. The van der Waals surface area contributed by atoms with E-state index in [1.807, 2.05) is 12.1 Å². The SMILES string of the molecule is CC(OC(=O)CCC(=O)O)(Oc1ccccc1)Oc1ccccc1. The van der Waals surface area contributed by atoms with Gasteiger partial charge < -0.3 is 19.3 Å². The quantitative estimate of drug-likeness (QED) is 0.591. The number of carbonyl (C=O) groups excluding carboxylic acids is 1. The van der Waals surface area contributed by atoms with E-state index >= 15 is 0 Å². The number of benzene rings is 2. The van der Waals surface area contributed by atoms with E-state index in [-0.39, 0.29) is 12.8 Å². The molecular weight excluding hydrogens is 312 g/mol. The van der Waals surface area contributed by atoms with Crippen molar-refractivity contribution in [1.82, 2.24) is 0 Å². The monoisotopic (exact) mass is 330 g/mol. The molecule has 0 unspecified atom stereocenters. The van der Waals surface area contributed by atoms with Crippen LogP contribution < -0.4 is 9.47 Å². The van der Waals surface area contributed by atoms with Crippen LogP contribution in [-0.4, -0.2) is 23.0 Å². The van der Waals surface area contributed by atoms with Crippen LogP contribution in [0.1, 0.15) is 19.8 Å². The lowest BCUT2D eigenvalue weighted by Gasteiger charge is -2.29. The third-order valence-corrected chi connectivity index (χ3v) is 2.94. The Hall–Kier alpha value is -3.02. The van der Waals surface area contributed by atoms with Gasteiger partial charge >= 0.3 is 17.9 Å². The average molecular weight is 330 g/mol. The fraction of sp³-hybridized carbons (Fsp3) is 0.222. The largest absolute Gasteiger partial charge is 0.481 e. The molecule has 0 fully saturated rings. The summed E-state index contributed by atoms with van der Waals surface area (Å²) < 4.78 is 16.6. The molecule has 1 N–H and O–H groups in total. The molecule has 6 nitrogen and oxygen atoms in total. The Kier molecular flexibility index (Phi) is 5.78. The summed E-state index contributed by atoms with van der Waals surface area (Å²) >= 11 is 0. The summed E-state index contributed by atoms with van der Waals surface area (Å²) in [7, 11) is 0. The Labute approximate surface area is 139 Å². The fourth-order valence-corrected chi connectivity index (χ4v) is 1.93. The molecule has 0 amide bonds. The van der Waals surface area contributed by atoms with Crippen molar-refractivity contribution in [2.75, 3.05) is 0 Å². The second-order valence-electron chi connectivity index (χ2n) is 5.06. The van der Waals surface area contributed by atoms with Gasteiger partial charge in [0, 0.05) is 0 Å². The average Bonchev–Trinajstić information content (AvgIpc) is 2.54. The van der Waals surface area contributed by atoms with Crippen LogP contribution in [0.3, 0.4) is 0 Å². The van der Waals surface area contributed by atoms with Crippen LogP contribution in [0.15, 0.2) is 60.7 Å². The van der Waals surface area contributed by atoms with E-state index < -0.39 is 17.9 Å². The molecule has 0 saturated carbocycles. The first-order chi connectivity index (χ1) is 11.5. The summed E-state index contributed by atoms with van der Waals surface area (Å²) in [6.45, 7) is 1.45. The Bertz CT molecular complexity index is 627. The van der Waals surface area contributed by atoms with Crippen molar-refractivity contribution >= 4 is 11.9 Å². The topological polar surface area (TPSA) is 82.1 Å². The molecular formula is C18H18O6. The second kappa shape index (κ2) is 8.01. The highest BCUT2D eigenvalue weighted by Crippen LogP contribution is 2.24. The number of hydrogen-bond acceptors (Lipinski definition) is 5. The third kappa shape index (κ3) is 5.64. The maximum absolute atomic E-state index is 11.9. The van der Waals surface area contributed by atoms with Gasteiger partial charge in [0.1, 0.15) is 11.5 Å². The molecule has 0 heterocycles. The predicted molar refractivity (Wildman–Crippen MR) is 85.5 cm³/mol. The summed E-state index contributed by atoms with van der Waals surface area (Å²) in [5.74, 6) is -2.64. The molecule has 0 bridgehead atoms. The first-order valence-electron chi connectivity index (χ1n) is 7.39. The molecule has 0 atom stereocenters. The van der Waals surface area contributed by atoms with Crippen molar-refractivity contribution in [3.63, 3.8) is 0 Å².